The third-order valence-electron chi connectivity index (χ3n) is 3.83. The van der Waals surface area contributed by atoms with Crippen molar-refractivity contribution in [3.05, 3.63) is 51.7 Å². The minimum absolute atomic E-state index is 0.0707. The van der Waals surface area contributed by atoms with Crippen LogP contribution in [-0.4, -0.2) is 32.7 Å². The Labute approximate surface area is 148 Å². The predicted molar refractivity (Wildman–Crippen MR) is 101 cm³/mol. The van der Waals surface area contributed by atoms with Gasteiger partial charge in [-0.05, 0) is 43.2 Å². The molecule has 0 bridgehead atoms. The highest BCUT2D eigenvalue weighted by molar-refractivity contribution is 7.11. The lowest BCUT2D eigenvalue weighted by atomic mass is 10.1. The molecule has 24 heavy (non-hydrogen) atoms. The van der Waals surface area contributed by atoms with E-state index in [-0.39, 0.29) is 5.91 Å². The summed E-state index contributed by atoms with van der Waals surface area (Å²) in [5.74, 6) is 0.0707. The number of hydrogen-bond donors (Lipinski definition) is 1. The lowest BCUT2D eigenvalue weighted by molar-refractivity contribution is -0.117. The average Bonchev–Trinajstić information content (AvgIpc) is 3.01. The van der Waals surface area contributed by atoms with Gasteiger partial charge in [-0.1, -0.05) is 19.1 Å². The van der Waals surface area contributed by atoms with Gasteiger partial charge in [-0.3, -0.25) is 4.79 Å². The first kappa shape index (κ1) is 18.6. The maximum atomic E-state index is 12.7. The fourth-order valence-electron chi connectivity index (χ4n) is 2.43. The number of carbonyl (C=O) groups excluding carboxylic acids is 1. The zero-order chi connectivity index (χ0) is 17.4. The largest absolute Gasteiger partial charge is 0.383 e. The van der Waals surface area contributed by atoms with Gasteiger partial charge in [-0.25, -0.2) is 0 Å². The van der Waals surface area contributed by atoms with Crippen molar-refractivity contribution in [3.8, 4) is 0 Å². The van der Waals surface area contributed by atoms with E-state index in [1.165, 1.54) is 15.3 Å². The second kappa shape index (κ2) is 9.57. The van der Waals surface area contributed by atoms with Crippen LogP contribution in [0.25, 0.3) is 0 Å². The van der Waals surface area contributed by atoms with E-state index in [1.54, 1.807) is 18.4 Å². The molecule has 1 aromatic heterocycles. The Morgan fingerprint density at radius 3 is 2.54 bits per heavy atom. The molecule has 5 heteroatoms. The predicted octanol–water partition coefficient (Wildman–Crippen LogP) is 3.39. The molecule has 0 unspecified atom stereocenters. The molecule has 1 heterocycles. The number of nitrogens with one attached hydrogen (secondary N) is 1. The number of hydrogen-bond acceptors (Lipinski definition) is 4. The van der Waals surface area contributed by atoms with Crippen LogP contribution in [0.1, 0.15) is 22.2 Å². The summed E-state index contributed by atoms with van der Waals surface area (Å²) in [4.78, 5) is 17.0. The van der Waals surface area contributed by atoms with Gasteiger partial charge in [-0.2, -0.15) is 0 Å². The summed E-state index contributed by atoms with van der Waals surface area (Å²) in [6.07, 6.45) is 0.997. The molecule has 0 saturated heterocycles. The summed E-state index contributed by atoms with van der Waals surface area (Å²) in [6.45, 7) is 6.40. The number of anilines is 1. The second-order valence-corrected chi connectivity index (χ2v) is 7.05. The van der Waals surface area contributed by atoms with Crippen LogP contribution in [0.5, 0.6) is 0 Å². The molecule has 0 spiro atoms. The van der Waals surface area contributed by atoms with E-state index >= 15 is 0 Å². The molecule has 0 aliphatic rings. The molecule has 0 atom stereocenters. The summed E-state index contributed by atoms with van der Waals surface area (Å²) in [7, 11) is 1.66. The van der Waals surface area contributed by atoms with Crippen molar-refractivity contribution >= 4 is 22.9 Å². The summed E-state index contributed by atoms with van der Waals surface area (Å²) >= 11 is 1.73. The Balaban J connectivity index is 2.11. The zero-order valence-electron chi connectivity index (χ0n) is 14.7. The van der Waals surface area contributed by atoms with E-state index in [9.17, 15) is 4.79 Å². The second-order valence-electron chi connectivity index (χ2n) is 5.68. The number of rotatable bonds is 9. The molecule has 0 saturated carbocycles. The zero-order valence-corrected chi connectivity index (χ0v) is 15.5. The van der Waals surface area contributed by atoms with Crippen LogP contribution in [0.15, 0.2) is 36.4 Å². The van der Waals surface area contributed by atoms with Gasteiger partial charge < -0.3 is 15.0 Å². The lowest BCUT2D eigenvalue weighted by Crippen LogP contribution is -2.38. The minimum atomic E-state index is 0.0707. The number of aryl methyl sites for hydroxylation is 2. The van der Waals surface area contributed by atoms with Gasteiger partial charge in [0.05, 0.1) is 19.7 Å². The van der Waals surface area contributed by atoms with Crippen molar-refractivity contribution in [2.45, 2.75) is 26.8 Å². The maximum absolute atomic E-state index is 12.7. The van der Waals surface area contributed by atoms with E-state index in [2.05, 4.69) is 43.4 Å². The van der Waals surface area contributed by atoms with Crippen LogP contribution < -0.4 is 10.2 Å². The lowest BCUT2D eigenvalue weighted by Gasteiger charge is -2.23. The fraction of sp³-hybridized carbons (Fsp3) is 0.421. The first-order valence-corrected chi connectivity index (χ1v) is 9.10. The number of carbonyl (C=O) groups is 1. The Morgan fingerprint density at radius 2 is 1.96 bits per heavy atom. The van der Waals surface area contributed by atoms with Crippen molar-refractivity contribution < 1.29 is 9.53 Å². The van der Waals surface area contributed by atoms with E-state index in [0.717, 1.165) is 12.1 Å². The van der Waals surface area contributed by atoms with E-state index < -0.39 is 0 Å². The number of nitrogens with zero attached hydrogens (tertiary/aromatic N) is 1. The highest BCUT2D eigenvalue weighted by Crippen LogP contribution is 2.22. The van der Waals surface area contributed by atoms with Crippen molar-refractivity contribution in [2.75, 3.05) is 31.7 Å². The van der Waals surface area contributed by atoms with Gasteiger partial charge in [0.2, 0.25) is 5.91 Å². The Hall–Kier alpha value is -1.69. The van der Waals surface area contributed by atoms with Crippen LogP contribution >= 0.6 is 11.3 Å². The summed E-state index contributed by atoms with van der Waals surface area (Å²) in [5.41, 5.74) is 2.22. The van der Waals surface area contributed by atoms with E-state index in [4.69, 9.17) is 4.74 Å². The van der Waals surface area contributed by atoms with Crippen LogP contribution in [0.3, 0.4) is 0 Å². The molecule has 0 radical (unpaired) electrons. The number of thiophene rings is 1. The smallest absolute Gasteiger partial charge is 0.241 e. The van der Waals surface area contributed by atoms with Gasteiger partial charge in [0.25, 0.3) is 0 Å². The molecule has 4 nitrogen and oxygen atoms in total. The van der Waals surface area contributed by atoms with Gasteiger partial charge in [0, 0.05) is 29.1 Å². The average molecular weight is 346 g/mol. The van der Waals surface area contributed by atoms with Crippen LogP contribution in [0.4, 0.5) is 5.69 Å². The normalized spacial score (nSPS) is 10.8. The Kier molecular flexibility index (Phi) is 7.43. The summed E-state index contributed by atoms with van der Waals surface area (Å²) in [5, 5.41) is 3.14. The number of amides is 1. The molecule has 130 valence electrons. The Morgan fingerprint density at radius 1 is 1.21 bits per heavy atom. The first-order valence-electron chi connectivity index (χ1n) is 8.28. The SMILES string of the molecule is CCc1ccc(N(Cc2ccc(C)s2)C(=O)CNCCOC)cc1. The fourth-order valence-corrected chi connectivity index (χ4v) is 3.31. The Bertz CT molecular complexity index is 637. The molecule has 0 aliphatic carbocycles. The third-order valence-corrected chi connectivity index (χ3v) is 4.81. The maximum Gasteiger partial charge on any atom is 0.241 e. The summed E-state index contributed by atoms with van der Waals surface area (Å²) < 4.78 is 5.01. The molecule has 2 aromatic rings. The minimum Gasteiger partial charge on any atom is -0.383 e. The standard InChI is InChI=1S/C19H26N2O2S/c1-4-16-6-8-17(9-7-16)21(14-18-10-5-15(2)24-18)19(22)13-20-11-12-23-3/h5-10,20H,4,11-14H2,1-3H3. The topological polar surface area (TPSA) is 41.6 Å². The van der Waals surface area contributed by atoms with Crippen LogP contribution in [0, 0.1) is 6.92 Å². The molecule has 2 rings (SSSR count). The molecule has 0 aliphatic heterocycles. The quantitative estimate of drug-likeness (QED) is 0.708. The van der Waals surface area contributed by atoms with Gasteiger partial charge in [0.1, 0.15) is 0 Å². The van der Waals surface area contributed by atoms with Gasteiger partial charge in [-0.15, -0.1) is 11.3 Å². The number of benzene rings is 1. The molecule has 1 amide bonds. The van der Waals surface area contributed by atoms with Gasteiger partial charge in [0.15, 0.2) is 0 Å². The monoisotopic (exact) mass is 346 g/mol. The van der Waals surface area contributed by atoms with Crippen molar-refractivity contribution in [1.29, 1.82) is 0 Å². The van der Waals surface area contributed by atoms with Crippen molar-refractivity contribution in [2.24, 2.45) is 0 Å². The van der Waals surface area contributed by atoms with E-state index in [0.29, 0.717) is 26.2 Å². The first-order chi connectivity index (χ1) is 11.6. The number of methoxy groups -OCH3 is 1. The van der Waals surface area contributed by atoms with Gasteiger partial charge >= 0.3 is 0 Å². The van der Waals surface area contributed by atoms with Crippen molar-refractivity contribution in [1.82, 2.24) is 5.32 Å². The molecule has 1 aromatic carbocycles. The molecule has 0 fully saturated rings. The molecule has 1 N–H and O–H groups in total. The number of ether oxygens (including phenoxy) is 1. The highest BCUT2D eigenvalue weighted by Gasteiger charge is 2.16. The summed E-state index contributed by atoms with van der Waals surface area (Å²) in [6, 6.07) is 12.4. The van der Waals surface area contributed by atoms with Crippen LogP contribution in [-0.2, 0) is 22.5 Å². The third kappa shape index (κ3) is 5.44. The molecular formula is C19H26N2O2S. The molecular weight excluding hydrogens is 320 g/mol. The van der Waals surface area contributed by atoms with Crippen molar-refractivity contribution in [3.63, 3.8) is 0 Å². The highest BCUT2D eigenvalue weighted by atomic mass is 32.1. The van der Waals surface area contributed by atoms with Crippen LogP contribution in [0.2, 0.25) is 0 Å². The van der Waals surface area contributed by atoms with E-state index in [1.807, 2.05) is 17.0 Å².